The van der Waals surface area contributed by atoms with Crippen molar-refractivity contribution in [3.63, 3.8) is 0 Å². The van der Waals surface area contributed by atoms with E-state index in [4.69, 9.17) is 9.47 Å². The van der Waals surface area contributed by atoms with Gasteiger partial charge in [0, 0.05) is 44.9 Å². The van der Waals surface area contributed by atoms with Crippen LogP contribution in [0.2, 0.25) is 0 Å². The average molecular weight is 351 g/mol. The Labute approximate surface area is 152 Å². The van der Waals surface area contributed by atoms with Crippen molar-refractivity contribution in [1.29, 1.82) is 0 Å². The van der Waals surface area contributed by atoms with Crippen molar-refractivity contribution in [2.24, 2.45) is 4.99 Å². The van der Waals surface area contributed by atoms with Crippen LogP contribution in [0.1, 0.15) is 31.9 Å². The number of guanidine groups is 1. The highest BCUT2D eigenvalue weighted by molar-refractivity contribution is 5.79. The molecule has 25 heavy (non-hydrogen) atoms. The predicted molar refractivity (Wildman–Crippen MR) is 105 cm³/mol. The maximum absolute atomic E-state index is 5.83. The lowest BCUT2D eigenvalue weighted by Gasteiger charge is -2.21. The van der Waals surface area contributed by atoms with Crippen LogP contribution < -0.4 is 20.7 Å². The summed E-state index contributed by atoms with van der Waals surface area (Å²) in [7, 11) is 3.45. The van der Waals surface area contributed by atoms with E-state index < -0.39 is 0 Å². The van der Waals surface area contributed by atoms with Gasteiger partial charge in [-0.25, -0.2) is 0 Å². The molecule has 0 saturated heterocycles. The fourth-order valence-corrected chi connectivity index (χ4v) is 2.20. The van der Waals surface area contributed by atoms with E-state index in [1.807, 2.05) is 0 Å². The highest BCUT2D eigenvalue weighted by Crippen LogP contribution is 2.20. The summed E-state index contributed by atoms with van der Waals surface area (Å²) in [5, 5.41) is 10.1. The zero-order chi connectivity index (χ0) is 18.7. The largest absolute Gasteiger partial charge is 0.491 e. The Kier molecular flexibility index (Phi) is 9.31. The first-order valence-electron chi connectivity index (χ1n) is 8.76. The van der Waals surface area contributed by atoms with Crippen LogP contribution in [0.4, 0.5) is 0 Å². The summed E-state index contributed by atoms with van der Waals surface area (Å²) in [4.78, 5) is 4.27. The number of aliphatic imine (C=N–C) groups is 1. The molecule has 0 bridgehead atoms. The van der Waals surface area contributed by atoms with Crippen LogP contribution in [0.3, 0.4) is 0 Å². The normalized spacial score (nSPS) is 12.2. The third-order valence-electron chi connectivity index (χ3n) is 3.51. The maximum Gasteiger partial charge on any atom is 0.191 e. The SMILES string of the molecule is CN=C(NCCNC(C)(C)C)NCc1ccc(C)cc1OCCOC. The van der Waals surface area contributed by atoms with Crippen LogP contribution in [-0.2, 0) is 11.3 Å². The number of benzene rings is 1. The summed E-state index contributed by atoms with van der Waals surface area (Å²) in [6, 6.07) is 6.22. The first-order valence-corrected chi connectivity index (χ1v) is 8.76. The van der Waals surface area contributed by atoms with E-state index in [0.717, 1.165) is 30.4 Å². The molecule has 0 fully saturated rings. The van der Waals surface area contributed by atoms with Crippen molar-refractivity contribution < 1.29 is 9.47 Å². The van der Waals surface area contributed by atoms with Gasteiger partial charge < -0.3 is 25.4 Å². The number of nitrogens with one attached hydrogen (secondary N) is 3. The molecular formula is C19H34N4O2. The van der Waals surface area contributed by atoms with Gasteiger partial charge in [-0.1, -0.05) is 12.1 Å². The number of methoxy groups -OCH3 is 1. The van der Waals surface area contributed by atoms with Crippen molar-refractivity contribution in [3.05, 3.63) is 29.3 Å². The number of ether oxygens (including phenoxy) is 2. The van der Waals surface area contributed by atoms with Crippen LogP contribution in [0.15, 0.2) is 23.2 Å². The van der Waals surface area contributed by atoms with Crippen LogP contribution in [0, 0.1) is 6.92 Å². The Balaban J connectivity index is 2.51. The van der Waals surface area contributed by atoms with E-state index in [1.165, 1.54) is 5.56 Å². The lowest BCUT2D eigenvalue weighted by atomic mass is 10.1. The summed E-state index contributed by atoms with van der Waals surface area (Å²) < 4.78 is 10.9. The van der Waals surface area contributed by atoms with Crippen LogP contribution in [0.25, 0.3) is 0 Å². The Morgan fingerprint density at radius 3 is 2.52 bits per heavy atom. The molecule has 0 unspecified atom stereocenters. The van der Waals surface area contributed by atoms with E-state index in [2.05, 4.69) is 66.8 Å². The maximum atomic E-state index is 5.83. The molecular weight excluding hydrogens is 316 g/mol. The molecule has 0 atom stereocenters. The Bertz CT molecular complexity index is 539. The van der Waals surface area contributed by atoms with Crippen molar-refractivity contribution in [3.8, 4) is 5.75 Å². The number of nitrogens with zero attached hydrogens (tertiary/aromatic N) is 1. The fraction of sp³-hybridized carbons (Fsp3) is 0.632. The zero-order valence-electron chi connectivity index (χ0n) is 16.5. The number of rotatable bonds is 9. The van der Waals surface area contributed by atoms with Gasteiger partial charge in [0.15, 0.2) is 5.96 Å². The van der Waals surface area contributed by atoms with Gasteiger partial charge in [0.1, 0.15) is 12.4 Å². The third-order valence-corrected chi connectivity index (χ3v) is 3.51. The minimum Gasteiger partial charge on any atom is -0.491 e. The quantitative estimate of drug-likeness (QED) is 0.361. The lowest BCUT2D eigenvalue weighted by molar-refractivity contribution is 0.145. The minimum absolute atomic E-state index is 0.120. The lowest BCUT2D eigenvalue weighted by Crippen LogP contribution is -2.44. The molecule has 1 aromatic carbocycles. The van der Waals surface area contributed by atoms with Gasteiger partial charge in [0.2, 0.25) is 0 Å². The van der Waals surface area contributed by atoms with Gasteiger partial charge in [-0.05, 0) is 39.3 Å². The molecule has 0 spiro atoms. The first-order chi connectivity index (χ1) is 11.9. The molecule has 6 nitrogen and oxygen atoms in total. The van der Waals surface area contributed by atoms with Crippen molar-refractivity contribution in [2.75, 3.05) is 40.5 Å². The van der Waals surface area contributed by atoms with Crippen molar-refractivity contribution >= 4 is 5.96 Å². The van der Waals surface area contributed by atoms with Gasteiger partial charge >= 0.3 is 0 Å². The molecule has 0 saturated carbocycles. The molecule has 3 N–H and O–H groups in total. The predicted octanol–water partition coefficient (Wildman–Crippen LogP) is 2.07. The molecule has 1 aromatic rings. The van der Waals surface area contributed by atoms with E-state index in [0.29, 0.717) is 19.8 Å². The number of hydrogen-bond acceptors (Lipinski definition) is 4. The Hall–Kier alpha value is -1.79. The molecule has 0 amide bonds. The molecule has 6 heteroatoms. The second-order valence-corrected chi connectivity index (χ2v) is 6.98. The Morgan fingerprint density at radius 2 is 1.88 bits per heavy atom. The molecule has 0 aliphatic carbocycles. The van der Waals surface area contributed by atoms with Crippen molar-refractivity contribution in [1.82, 2.24) is 16.0 Å². The fourth-order valence-electron chi connectivity index (χ4n) is 2.20. The highest BCUT2D eigenvalue weighted by Gasteiger charge is 2.08. The molecule has 0 heterocycles. The van der Waals surface area contributed by atoms with E-state index in [1.54, 1.807) is 14.2 Å². The van der Waals surface area contributed by atoms with Crippen molar-refractivity contribution in [2.45, 2.75) is 39.8 Å². The van der Waals surface area contributed by atoms with Crippen LogP contribution in [0.5, 0.6) is 5.75 Å². The summed E-state index contributed by atoms with van der Waals surface area (Å²) in [6.07, 6.45) is 0. The minimum atomic E-state index is 0.120. The smallest absolute Gasteiger partial charge is 0.191 e. The number of aryl methyl sites for hydroxylation is 1. The second kappa shape index (κ2) is 10.9. The zero-order valence-corrected chi connectivity index (χ0v) is 16.5. The third kappa shape index (κ3) is 9.31. The summed E-state index contributed by atoms with van der Waals surface area (Å²) in [5.41, 5.74) is 2.39. The van der Waals surface area contributed by atoms with E-state index in [-0.39, 0.29) is 5.54 Å². The van der Waals surface area contributed by atoms with Gasteiger partial charge in [0.05, 0.1) is 6.61 Å². The van der Waals surface area contributed by atoms with Crippen LogP contribution >= 0.6 is 0 Å². The topological polar surface area (TPSA) is 66.9 Å². The summed E-state index contributed by atoms with van der Waals surface area (Å²) >= 11 is 0. The standard InChI is InChI=1S/C19H34N4O2/c1-15-7-8-16(17(13-15)25-12-11-24-6)14-22-18(20-5)21-9-10-23-19(2,3)4/h7-8,13,23H,9-12,14H2,1-6H3,(H2,20,21,22). The first kappa shape index (κ1) is 21.3. The van der Waals surface area contributed by atoms with Gasteiger partial charge in [-0.15, -0.1) is 0 Å². The molecule has 142 valence electrons. The Morgan fingerprint density at radius 1 is 1.12 bits per heavy atom. The average Bonchev–Trinajstić information content (AvgIpc) is 2.55. The highest BCUT2D eigenvalue weighted by atomic mass is 16.5. The van der Waals surface area contributed by atoms with Gasteiger partial charge in [-0.2, -0.15) is 0 Å². The van der Waals surface area contributed by atoms with E-state index >= 15 is 0 Å². The second-order valence-electron chi connectivity index (χ2n) is 6.98. The molecule has 1 rings (SSSR count). The van der Waals surface area contributed by atoms with E-state index in [9.17, 15) is 0 Å². The molecule has 0 aromatic heterocycles. The monoisotopic (exact) mass is 350 g/mol. The number of hydrogen-bond donors (Lipinski definition) is 3. The summed E-state index contributed by atoms with van der Waals surface area (Å²) in [6.45, 7) is 12.0. The summed E-state index contributed by atoms with van der Waals surface area (Å²) in [5.74, 6) is 1.66. The van der Waals surface area contributed by atoms with Gasteiger partial charge in [-0.3, -0.25) is 4.99 Å². The van der Waals surface area contributed by atoms with Gasteiger partial charge in [0.25, 0.3) is 0 Å². The molecule has 0 radical (unpaired) electrons. The van der Waals surface area contributed by atoms with Crippen LogP contribution in [-0.4, -0.2) is 52.0 Å². The molecule has 0 aliphatic heterocycles. The molecule has 0 aliphatic rings.